The molecule has 114 heavy (non-hydrogen) atoms. The summed E-state index contributed by atoms with van der Waals surface area (Å²) in [5, 5.41) is 121. The molecule has 9 aromatic rings. The zero-order valence-electron chi connectivity index (χ0n) is 66.0. The third kappa shape index (κ3) is 19.0. The van der Waals surface area contributed by atoms with Crippen molar-refractivity contribution in [3.05, 3.63) is 282 Å². The maximum Gasteiger partial charge on any atom is 0.144 e. The first kappa shape index (κ1) is 83.1. The van der Waals surface area contributed by atoms with Crippen LogP contribution < -0.4 is 28.4 Å². The first-order valence-corrected chi connectivity index (χ1v) is 39.2. The van der Waals surface area contributed by atoms with Crippen molar-refractivity contribution in [2.75, 3.05) is 39.6 Å². The minimum absolute atomic E-state index is 0.406. The van der Waals surface area contributed by atoms with E-state index in [9.17, 15) is 61.3 Å². The van der Waals surface area contributed by atoms with Crippen molar-refractivity contribution in [1.29, 1.82) is 0 Å². The zero-order valence-corrected chi connectivity index (χ0v) is 66.0. The summed E-state index contributed by atoms with van der Waals surface area (Å²) in [7, 11) is 0. The molecule has 18 atom stereocenters. The van der Waals surface area contributed by atoms with Gasteiger partial charge in [0.25, 0.3) is 0 Å². The van der Waals surface area contributed by atoms with Crippen molar-refractivity contribution in [1.82, 2.24) is 0 Å². The third-order valence-corrected chi connectivity index (χ3v) is 22.9. The Morgan fingerprint density at radius 3 is 1.06 bits per heavy atom. The highest BCUT2D eigenvalue weighted by Crippen LogP contribution is 2.42. The highest BCUT2D eigenvalue weighted by atomic mass is 16.6. The van der Waals surface area contributed by atoms with Gasteiger partial charge in [0.2, 0.25) is 0 Å². The molecule has 3 saturated heterocycles. The number of fused-ring (bicyclic) bond motifs is 3. The molecule has 12 N–H and O–H groups in total. The van der Waals surface area contributed by atoms with Crippen molar-refractivity contribution >= 4 is 0 Å². The molecule has 0 saturated carbocycles. The Hall–Kier alpha value is -8.82. The smallest absolute Gasteiger partial charge is 0.144 e. The van der Waals surface area contributed by atoms with Crippen LogP contribution in [0.3, 0.4) is 0 Å². The van der Waals surface area contributed by atoms with E-state index in [0.29, 0.717) is 55.8 Å². The minimum Gasteiger partial charge on any atom is -0.489 e. The molecular formula is C93H108O21. The molecule has 0 radical (unpaired) electrons. The monoisotopic (exact) mass is 1560 g/mol. The van der Waals surface area contributed by atoms with Crippen LogP contribution in [0.15, 0.2) is 182 Å². The standard InChI is InChI=1S/3C31H36O7/c1-18-4-11-25-23(12-18)15-31(3,38-25)17-36-24-9-6-20(7-10-24)13-22-14-21(8-5-19(22)2)30-29(35)28(34)27(33)26(16-32)37-30;1-18-4-8-22-15-31(3,38-25(22)12-18)17-36-24-10-6-20(7-11-24)13-23-14-21(9-5-19(23)2)30-29(35)28(34)27(33)26(16-32)37-30;1-18-7-10-21(30-29(35)28(34)27(33)26(16-32)37-30)14-22(18)13-20-8-11-23(12-9-20)36-17-31(3)15-24-19(2)5-4-6-25(24)38-31/h3*4-12,14,26-30,32-35H,13,15-17H2,1-3H3/t3*26-,27-,28+,29-,30+,31?/m111/s1. The molecule has 21 nitrogen and oxygen atoms in total. The number of benzene rings is 9. The first-order valence-electron chi connectivity index (χ1n) is 39.2. The fourth-order valence-corrected chi connectivity index (χ4v) is 16.0. The van der Waals surface area contributed by atoms with E-state index in [0.717, 1.165) is 104 Å². The molecule has 3 unspecified atom stereocenters. The van der Waals surface area contributed by atoms with Crippen molar-refractivity contribution in [2.45, 2.75) is 209 Å². The van der Waals surface area contributed by atoms with Gasteiger partial charge in [-0.3, -0.25) is 0 Å². The second kappa shape index (κ2) is 35.3. The van der Waals surface area contributed by atoms with Crippen LogP contribution in [0.1, 0.15) is 139 Å². The number of aryl methyl sites for hydroxylation is 6. The average Bonchev–Trinajstić information content (AvgIpc) is 1.79. The van der Waals surface area contributed by atoms with Gasteiger partial charge in [-0.05, 0) is 225 Å². The molecule has 0 aliphatic carbocycles. The fourth-order valence-electron chi connectivity index (χ4n) is 16.0. The topological polar surface area (TPSA) is 326 Å². The first-order chi connectivity index (χ1) is 54.5. The Balaban J connectivity index is 0.000000149. The molecular weight excluding hydrogens is 1450 g/mol. The van der Waals surface area contributed by atoms with E-state index in [-0.39, 0.29) is 0 Å². The van der Waals surface area contributed by atoms with Crippen molar-refractivity contribution in [2.24, 2.45) is 0 Å². The number of ether oxygens (including phenoxy) is 9. The number of aliphatic hydroxyl groups is 12. The largest absolute Gasteiger partial charge is 0.489 e. The van der Waals surface area contributed by atoms with E-state index < -0.39 is 128 Å². The van der Waals surface area contributed by atoms with E-state index in [1.807, 2.05) is 166 Å². The van der Waals surface area contributed by atoms with E-state index in [1.54, 1.807) is 0 Å². The summed E-state index contributed by atoms with van der Waals surface area (Å²) in [5.74, 6) is 5.13. The number of aliphatic hydroxyl groups excluding tert-OH is 12. The van der Waals surface area contributed by atoms with E-state index >= 15 is 0 Å². The van der Waals surface area contributed by atoms with Gasteiger partial charge in [-0.15, -0.1) is 0 Å². The Bertz CT molecular complexity index is 4560. The van der Waals surface area contributed by atoms with E-state index in [1.165, 1.54) is 33.4 Å². The van der Waals surface area contributed by atoms with Crippen LogP contribution in [0.2, 0.25) is 0 Å². The van der Waals surface area contributed by atoms with Gasteiger partial charge >= 0.3 is 0 Å². The summed E-state index contributed by atoms with van der Waals surface area (Å²) in [5.41, 5.74) is 17.8. The molecule has 0 spiro atoms. The van der Waals surface area contributed by atoms with Crippen LogP contribution in [0.4, 0.5) is 0 Å². The number of rotatable bonds is 21. The second-order valence-electron chi connectivity index (χ2n) is 32.6. The maximum atomic E-state index is 10.5. The van der Waals surface area contributed by atoms with Crippen LogP contribution >= 0.6 is 0 Å². The lowest BCUT2D eigenvalue weighted by Gasteiger charge is -2.40. The van der Waals surface area contributed by atoms with Gasteiger partial charge in [0.15, 0.2) is 0 Å². The van der Waals surface area contributed by atoms with Crippen LogP contribution in [0.5, 0.6) is 34.5 Å². The van der Waals surface area contributed by atoms with Crippen LogP contribution in [-0.2, 0) is 52.7 Å². The summed E-state index contributed by atoms with van der Waals surface area (Å²) in [6.07, 6.45) is -13.2. The second-order valence-corrected chi connectivity index (χ2v) is 32.6. The van der Waals surface area contributed by atoms with E-state index in [4.69, 9.17) is 42.6 Å². The van der Waals surface area contributed by atoms with Crippen LogP contribution in [0, 0.1) is 41.5 Å². The fraction of sp³-hybridized carbons (Fsp3) is 0.419. The van der Waals surface area contributed by atoms with Crippen molar-refractivity contribution in [3.63, 3.8) is 0 Å². The molecule has 15 rings (SSSR count). The lowest BCUT2D eigenvalue weighted by Crippen LogP contribution is -2.55. The molecule has 606 valence electrons. The van der Waals surface area contributed by atoms with Gasteiger partial charge in [-0.2, -0.15) is 0 Å². The summed E-state index contributed by atoms with van der Waals surface area (Å²) in [4.78, 5) is 0. The maximum absolute atomic E-state index is 10.5. The summed E-state index contributed by atoms with van der Waals surface area (Å²) < 4.78 is 54.1. The average molecular weight is 1560 g/mol. The normalized spacial score (nSPS) is 28.6. The van der Waals surface area contributed by atoms with Gasteiger partial charge in [0.1, 0.15) is 163 Å². The van der Waals surface area contributed by atoms with Gasteiger partial charge in [-0.25, -0.2) is 0 Å². The molecule has 0 bridgehead atoms. The van der Waals surface area contributed by atoms with Gasteiger partial charge in [0.05, 0.1) is 19.8 Å². The molecule has 6 heterocycles. The Morgan fingerprint density at radius 1 is 0.325 bits per heavy atom. The van der Waals surface area contributed by atoms with Gasteiger partial charge in [0, 0.05) is 24.8 Å². The Kier molecular flexibility index (Phi) is 25.8. The molecule has 21 heteroatoms. The summed E-state index contributed by atoms with van der Waals surface area (Å²) in [6, 6.07) is 59.9. The quantitative estimate of drug-likeness (QED) is 0.0318. The van der Waals surface area contributed by atoms with E-state index in [2.05, 4.69) is 77.9 Å². The summed E-state index contributed by atoms with van der Waals surface area (Å²) >= 11 is 0. The number of hydrogen-bond donors (Lipinski definition) is 12. The minimum atomic E-state index is -1.40. The SMILES string of the molecule is Cc1ccc([C@@H]2O[C@H](CO)[C@@H](O)[C@H](O)[C@H]2O)cc1Cc1ccc(OCC2(C)Cc3c(C)cccc3O2)cc1.Cc1ccc2c(c1)CC(C)(COc1ccc(Cc3cc([C@@H]4O[C@H](CO)[C@@H](O)[C@H](O)[C@H]4O)ccc3C)cc1)O2.Cc1ccc2c(c1)OC(C)(COc1ccc(Cc3cc([C@@H]4O[C@H](CO)[C@@H](O)[C@H](O)[C@H]4O)ccc3C)cc1)C2. The summed E-state index contributed by atoms with van der Waals surface area (Å²) in [6.45, 7) is 18.5. The van der Waals surface area contributed by atoms with Crippen molar-refractivity contribution in [3.8, 4) is 34.5 Å². The lowest BCUT2D eigenvalue weighted by atomic mass is 9.89. The predicted octanol–water partition coefficient (Wildman–Crippen LogP) is 9.55. The van der Waals surface area contributed by atoms with Crippen LogP contribution in [0.25, 0.3) is 0 Å². The Morgan fingerprint density at radius 2 is 0.675 bits per heavy atom. The molecule has 9 aromatic carbocycles. The zero-order chi connectivity index (χ0) is 81.1. The highest BCUT2D eigenvalue weighted by molar-refractivity contribution is 5.47. The van der Waals surface area contributed by atoms with Gasteiger partial charge in [-0.1, -0.05) is 133 Å². The van der Waals surface area contributed by atoms with Crippen LogP contribution in [-0.4, -0.2) is 191 Å². The molecule has 6 aliphatic rings. The number of hydrogen-bond acceptors (Lipinski definition) is 21. The molecule has 3 fully saturated rings. The Labute approximate surface area is 666 Å². The highest BCUT2D eigenvalue weighted by Gasteiger charge is 2.48. The predicted molar refractivity (Wildman–Crippen MR) is 428 cm³/mol. The molecule has 6 aliphatic heterocycles. The molecule has 0 amide bonds. The third-order valence-electron chi connectivity index (χ3n) is 22.9. The van der Waals surface area contributed by atoms with Gasteiger partial charge < -0.3 is 104 Å². The lowest BCUT2D eigenvalue weighted by molar-refractivity contribution is -0.231. The molecule has 0 aromatic heterocycles. The van der Waals surface area contributed by atoms with Crippen molar-refractivity contribution < 1.29 is 104 Å².